The Kier molecular flexibility index (Phi) is 5.14. The number of hydrogen-bond acceptors (Lipinski definition) is 3. The molecule has 0 saturated carbocycles. The van der Waals surface area contributed by atoms with Crippen molar-refractivity contribution in [2.24, 2.45) is 0 Å². The Bertz CT molecular complexity index is 2000. The molecule has 1 aliphatic heterocycles. The van der Waals surface area contributed by atoms with Crippen molar-refractivity contribution in [3.05, 3.63) is 146 Å². The number of nitrogens with zero attached hydrogens (tertiary/aromatic N) is 2. The largest absolute Gasteiger partial charge is 0.453 e. The normalized spacial score (nSPS) is 12.2. The van der Waals surface area contributed by atoms with Crippen LogP contribution in [0.4, 0.5) is 17.1 Å². The third kappa shape index (κ3) is 3.63. The van der Waals surface area contributed by atoms with E-state index in [9.17, 15) is 0 Å². The molecule has 0 bridgehead atoms. The van der Waals surface area contributed by atoms with E-state index in [1.54, 1.807) is 0 Å². The van der Waals surface area contributed by atoms with E-state index in [1.165, 1.54) is 27.3 Å². The van der Waals surface area contributed by atoms with Crippen molar-refractivity contribution in [1.29, 1.82) is 0 Å². The maximum atomic E-state index is 6.24. The first-order chi connectivity index (χ1) is 19.8. The standard InChI is InChI=1S/C37H24N2O/c1-2-11-25(12-3-1)30-24-32(38-31-22-21-26-13-4-5-16-29(26)37(30)31)27-14-10-15-28(23-27)39-33-17-6-8-19-35(33)40-36-20-9-7-18-34(36)39/h1-24H. The Morgan fingerprint density at radius 2 is 1.20 bits per heavy atom. The SMILES string of the molecule is c1ccc(-c2cc(-c3cccc(N4c5ccccc5Oc5ccccc54)c3)nc3ccc4ccccc4c23)cc1. The molecule has 0 radical (unpaired) electrons. The van der Waals surface area contributed by atoms with Crippen LogP contribution in [0.1, 0.15) is 0 Å². The van der Waals surface area contributed by atoms with Gasteiger partial charge in [-0.15, -0.1) is 0 Å². The zero-order valence-electron chi connectivity index (χ0n) is 21.7. The predicted molar refractivity (Wildman–Crippen MR) is 165 cm³/mol. The molecule has 3 heteroatoms. The van der Waals surface area contributed by atoms with E-state index in [4.69, 9.17) is 9.72 Å². The molecule has 0 unspecified atom stereocenters. The molecule has 0 spiro atoms. The fourth-order valence-electron chi connectivity index (χ4n) is 5.79. The average molecular weight is 513 g/mol. The zero-order chi connectivity index (χ0) is 26.5. The van der Waals surface area contributed by atoms with Crippen molar-refractivity contribution in [3.63, 3.8) is 0 Å². The van der Waals surface area contributed by atoms with Gasteiger partial charge in [0.1, 0.15) is 0 Å². The number of aromatic nitrogens is 1. The van der Waals surface area contributed by atoms with Crippen LogP contribution in [0, 0.1) is 0 Å². The summed E-state index contributed by atoms with van der Waals surface area (Å²) in [4.78, 5) is 7.48. The second-order valence-electron chi connectivity index (χ2n) is 10.0. The zero-order valence-corrected chi connectivity index (χ0v) is 21.7. The number of fused-ring (bicyclic) bond motifs is 5. The second kappa shape index (κ2) is 9.11. The predicted octanol–water partition coefficient (Wildman–Crippen LogP) is 10.3. The van der Waals surface area contributed by atoms with Crippen LogP contribution in [-0.4, -0.2) is 4.98 Å². The summed E-state index contributed by atoms with van der Waals surface area (Å²) in [5, 5.41) is 3.61. The van der Waals surface area contributed by atoms with E-state index in [0.717, 1.165) is 45.3 Å². The Balaban J connectivity index is 1.34. The summed E-state index contributed by atoms with van der Waals surface area (Å²) >= 11 is 0. The molecule has 0 amide bonds. The lowest BCUT2D eigenvalue weighted by molar-refractivity contribution is 0.477. The summed E-state index contributed by atoms with van der Waals surface area (Å²) in [6.45, 7) is 0. The van der Waals surface area contributed by atoms with Gasteiger partial charge in [-0.25, -0.2) is 4.98 Å². The topological polar surface area (TPSA) is 25.4 Å². The van der Waals surface area contributed by atoms with Crippen LogP contribution in [0.2, 0.25) is 0 Å². The fourth-order valence-corrected chi connectivity index (χ4v) is 5.79. The molecule has 6 aromatic carbocycles. The van der Waals surface area contributed by atoms with Gasteiger partial charge in [0.25, 0.3) is 0 Å². The molecule has 2 heterocycles. The highest BCUT2D eigenvalue weighted by Gasteiger charge is 2.25. The first kappa shape index (κ1) is 22.6. The Morgan fingerprint density at radius 1 is 0.525 bits per heavy atom. The number of hydrogen-bond donors (Lipinski definition) is 0. The molecule has 3 nitrogen and oxygen atoms in total. The molecule has 40 heavy (non-hydrogen) atoms. The smallest absolute Gasteiger partial charge is 0.151 e. The van der Waals surface area contributed by atoms with Gasteiger partial charge in [0.05, 0.1) is 22.6 Å². The van der Waals surface area contributed by atoms with Gasteiger partial charge in [-0.05, 0) is 70.4 Å². The van der Waals surface area contributed by atoms with E-state index in [2.05, 4.69) is 114 Å². The van der Waals surface area contributed by atoms with Gasteiger partial charge in [-0.1, -0.05) is 97.1 Å². The molecular formula is C37H24N2O. The lowest BCUT2D eigenvalue weighted by atomic mass is 9.94. The first-order valence-electron chi connectivity index (χ1n) is 13.5. The van der Waals surface area contributed by atoms with Crippen molar-refractivity contribution in [1.82, 2.24) is 4.98 Å². The maximum absolute atomic E-state index is 6.24. The molecule has 8 rings (SSSR count). The summed E-state index contributed by atoms with van der Waals surface area (Å²) < 4.78 is 6.24. The van der Waals surface area contributed by atoms with E-state index in [0.29, 0.717) is 0 Å². The molecule has 0 aliphatic carbocycles. The number of benzene rings is 6. The minimum Gasteiger partial charge on any atom is -0.453 e. The number of rotatable bonds is 3. The minimum atomic E-state index is 0.841. The summed E-state index contributed by atoms with van der Waals surface area (Å²) in [5.74, 6) is 1.68. The van der Waals surface area contributed by atoms with Crippen LogP contribution < -0.4 is 9.64 Å². The molecule has 0 atom stereocenters. The quantitative estimate of drug-likeness (QED) is 0.220. The summed E-state index contributed by atoms with van der Waals surface area (Å²) in [7, 11) is 0. The number of pyridine rings is 1. The van der Waals surface area contributed by atoms with Gasteiger partial charge in [-0.3, -0.25) is 0 Å². The first-order valence-corrected chi connectivity index (χ1v) is 13.5. The lowest BCUT2D eigenvalue weighted by Crippen LogP contribution is -2.15. The monoisotopic (exact) mass is 512 g/mol. The van der Waals surface area contributed by atoms with Gasteiger partial charge < -0.3 is 9.64 Å². The molecule has 7 aromatic rings. The summed E-state index contributed by atoms with van der Waals surface area (Å²) in [6.07, 6.45) is 0. The molecule has 1 aromatic heterocycles. The Hall–Kier alpha value is -5.41. The van der Waals surface area contributed by atoms with E-state index in [-0.39, 0.29) is 0 Å². The highest BCUT2D eigenvalue weighted by molar-refractivity contribution is 6.13. The molecular weight excluding hydrogens is 488 g/mol. The van der Waals surface area contributed by atoms with Gasteiger partial charge >= 0.3 is 0 Å². The van der Waals surface area contributed by atoms with Crippen LogP contribution in [0.5, 0.6) is 11.5 Å². The van der Waals surface area contributed by atoms with Crippen molar-refractivity contribution in [2.75, 3.05) is 4.90 Å². The Morgan fingerprint density at radius 3 is 2.00 bits per heavy atom. The van der Waals surface area contributed by atoms with Crippen LogP contribution in [0.15, 0.2) is 146 Å². The number of para-hydroxylation sites is 4. The highest BCUT2D eigenvalue weighted by atomic mass is 16.5. The van der Waals surface area contributed by atoms with Gasteiger partial charge in [-0.2, -0.15) is 0 Å². The second-order valence-corrected chi connectivity index (χ2v) is 10.0. The average Bonchev–Trinajstić information content (AvgIpc) is 3.03. The number of ether oxygens (including phenoxy) is 1. The third-order valence-electron chi connectivity index (χ3n) is 7.62. The Labute approximate surface area is 232 Å². The van der Waals surface area contributed by atoms with Crippen LogP contribution in [0.3, 0.4) is 0 Å². The molecule has 1 aliphatic rings. The molecule has 188 valence electrons. The minimum absolute atomic E-state index is 0.841. The van der Waals surface area contributed by atoms with Crippen molar-refractivity contribution in [2.45, 2.75) is 0 Å². The highest BCUT2D eigenvalue weighted by Crippen LogP contribution is 2.50. The van der Waals surface area contributed by atoms with Crippen molar-refractivity contribution < 1.29 is 4.74 Å². The van der Waals surface area contributed by atoms with Gasteiger partial charge in [0, 0.05) is 16.6 Å². The summed E-state index contributed by atoms with van der Waals surface area (Å²) in [5.41, 5.74) is 8.45. The van der Waals surface area contributed by atoms with Crippen molar-refractivity contribution >= 4 is 38.7 Å². The van der Waals surface area contributed by atoms with Crippen LogP contribution in [-0.2, 0) is 0 Å². The van der Waals surface area contributed by atoms with Gasteiger partial charge in [0.15, 0.2) is 11.5 Å². The molecule has 0 saturated heterocycles. The third-order valence-corrected chi connectivity index (χ3v) is 7.62. The number of anilines is 3. The molecule has 0 fully saturated rings. The van der Waals surface area contributed by atoms with Crippen molar-refractivity contribution in [3.8, 4) is 33.9 Å². The summed E-state index contributed by atoms with van der Waals surface area (Å²) in [6, 6.07) is 50.7. The molecule has 0 N–H and O–H groups in total. The lowest BCUT2D eigenvalue weighted by Gasteiger charge is -2.33. The maximum Gasteiger partial charge on any atom is 0.151 e. The van der Waals surface area contributed by atoms with E-state index < -0.39 is 0 Å². The van der Waals surface area contributed by atoms with Crippen LogP contribution in [0.25, 0.3) is 44.1 Å². The van der Waals surface area contributed by atoms with E-state index in [1.807, 2.05) is 36.4 Å². The fraction of sp³-hybridized carbons (Fsp3) is 0. The van der Waals surface area contributed by atoms with E-state index >= 15 is 0 Å². The van der Waals surface area contributed by atoms with Crippen LogP contribution >= 0.6 is 0 Å². The van der Waals surface area contributed by atoms with Gasteiger partial charge in [0.2, 0.25) is 0 Å².